The molecule has 0 bridgehead atoms. The molecule has 18 heavy (non-hydrogen) atoms. The van der Waals surface area contributed by atoms with E-state index in [0.717, 1.165) is 43.0 Å². The smallest absolute Gasteiger partial charge is 0.0753 e. The summed E-state index contributed by atoms with van der Waals surface area (Å²) in [6, 6.07) is 0. The van der Waals surface area contributed by atoms with Gasteiger partial charge < -0.3 is 4.74 Å². The van der Waals surface area contributed by atoms with Crippen LogP contribution in [0, 0.1) is 6.92 Å². The summed E-state index contributed by atoms with van der Waals surface area (Å²) in [4.78, 5) is 2.44. The van der Waals surface area contributed by atoms with Gasteiger partial charge in [-0.15, -0.1) is 0 Å². The normalized spacial score (nSPS) is 20.3. The van der Waals surface area contributed by atoms with E-state index >= 15 is 0 Å². The molecule has 0 N–H and O–H groups in total. The summed E-state index contributed by atoms with van der Waals surface area (Å²) >= 11 is 3.66. The van der Waals surface area contributed by atoms with Crippen molar-refractivity contribution < 1.29 is 4.74 Å². The van der Waals surface area contributed by atoms with E-state index in [-0.39, 0.29) is 5.60 Å². The molecule has 4 nitrogen and oxygen atoms in total. The SMILES string of the molecule is CCn1nc(C)c(Br)c1CN1CCOC(C)(C)C1. The molecule has 0 atom stereocenters. The summed E-state index contributed by atoms with van der Waals surface area (Å²) in [6.45, 7) is 13.1. The third kappa shape index (κ3) is 2.95. The summed E-state index contributed by atoms with van der Waals surface area (Å²) in [5.74, 6) is 0. The Morgan fingerprint density at radius 3 is 2.78 bits per heavy atom. The lowest BCUT2D eigenvalue weighted by Crippen LogP contribution is -2.47. The zero-order valence-corrected chi connectivity index (χ0v) is 13.2. The largest absolute Gasteiger partial charge is 0.373 e. The van der Waals surface area contributed by atoms with Crippen LogP contribution in [0.15, 0.2) is 4.47 Å². The molecule has 1 aliphatic rings. The van der Waals surface area contributed by atoms with E-state index in [0.29, 0.717) is 0 Å². The molecule has 1 aromatic rings. The molecule has 0 spiro atoms. The number of aryl methyl sites for hydroxylation is 2. The van der Waals surface area contributed by atoms with Crippen LogP contribution >= 0.6 is 15.9 Å². The lowest BCUT2D eigenvalue weighted by molar-refractivity contribution is -0.0888. The number of ether oxygens (including phenoxy) is 1. The Kier molecular flexibility index (Phi) is 4.14. The molecular weight excluding hydrogens is 294 g/mol. The number of hydrogen-bond acceptors (Lipinski definition) is 3. The zero-order chi connectivity index (χ0) is 13.3. The van der Waals surface area contributed by atoms with Crippen LogP contribution in [0.25, 0.3) is 0 Å². The molecule has 2 rings (SSSR count). The molecule has 1 aliphatic heterocycles. The highest BCUT2D eigenvalue weighted by Crippen LogP contribution is 2.25. The maximum absolute atomic E-state index is 5.75. The Labute approximate surface area is 117 Å². The molecular formula is C13H22BrN3O. The Balaban J connectivity index is 2.14. The van der Waals surface area contributed by atoms with Crippen molar-refractivity contribution in [3.05, 3.63) is 15.9 Å². The van der Waals surface area contributed by atoms with Crippen LogP contribution in [-0.4, -0.2) is 40.0 Å². The van der Waals surface area contributed by atoms with Crippen molar-refractivity contribution >= 4 is 15.9 Å². The molecule has 1 saturated heterocycles. The summed E-state index contributed by atoms with van der Waals surface area (Å²) < 4.78 is 8.98. The minimum Gasteiger partial charge on any atom is -0.373 e. The van der Waals surface area contributed by atoms with Gasteiger partial charge in [0, 0.05) is 26.2 Å². The van der Waals surface area contributed by atoms with E-state index in [1.807, 2.05) is 6.92 Å². The minimum atomic E-state index is -0.0448. The number of morpholine rings is 1. The topological polar surface area (TPSA) is 30.3 Å². The lowest BCUT2D eigenvalue weighted by atomic mass is 10.1. The van der Waals surface area contributed by atoms with E-state index in [1.54, 1.807) is 0 Å². The average molecular weight is 316 g/mol. The van der Waals surface area contributed by atoms with Crippen LogP contribution in [0.3, 0.4) is 0 Å². The van der Waals surface area contributed by atoms with Crippen molar-refractivity contribution in [2.45, 2.75) is 46.4 Å². The van der Waals surface area contributed by atoms with Crippen molar-refractivity contribution in [1.29, 1.82) is 0 Å². The van der Waals surface area contributed by atoms with Gasteiger partial charge in [0.2, 0.25) is 0 Å². The second-order valence-electron chi connectivity index (χ2n) is 5.48. The number of nitrogens with zero attached hydrogens (tertiary/aromatic N) is 3. The van der Waals surface area contributed by atoms with E-state index in [4.69, 9.17) is 4.74 Å². The van der Waals surface area contributed by atoms with Gasteiger partial charge in [-0.2, -0.15) is 5.10 Å². The molecule has 0 aromatic carbocycles. The molecule has 2 heterocycles. The maximum Gasteiger partial charge on any atom is 0.0753 e. The Morgan fingerprint density at radius 1 is 1.44 bits per heavy atom. The summed E-state index contributed by atoms with van der Waals surface area (Å²) in [6.07, 6.45) is 0. The van der Waals surface area contributed by atoms with Gasteiger partial charge in [-0.3, -0.25) is 9.58 Å². The van der Waals surface area contributed by atoms with Gasteiger partial charge in [0.1, 0.15) is 0 Å². The van der Waals surface area contributed by atoms with Crippen LogP contribution in [0.2, 0.25) is 0 Å². The second kappa shape index (κ2) is 5.31. The Morgan fingerprint density at radius 2 is 2.17 bits per heavy atom. The monoisotopic (exact) mass is 315 g/mol. The zero-order valence-electron chi connectivity index (χ0n) is 11.7. The molecule has 1 fully saturated rings. The molecule has 102 valence electrons. The number of hydrogen-bond donors (Lipinski definition) is 0. The predicted molar refractivity (Wildman–Crippen MR) is 75.6 cm³/mol. The van der Waals surface area contributed by atoms with Crippen molar-refractivity contribution in [3.63, 3.8) is 0 Å². The standard InChI is InChI=1S/C13H22BrN3O/c1-5-17-11(12(14)10(2)15-17)8-16-6-7-18-13(3,4)9-16/h5-9H2,1-4H3. The second-order valence-corrected chi connectivity index (χ2v) is 6.27. The molecule has 0 unspecified atom stereocenters. The Hall–Kier alpha value is -0.390. The van der Waals surface area contributed by atoms with E-state index < -0.39 is 0 Å². The van der Waals surface area contributed by atoms with Gasteiger partial charge in [-0.05, 0) is 43.6 Å². The van der Waals surface area contributed by atoms with Gasteiger partial charge in [-0.25, -0.2) is 0 Å². The predicted octanol–water partition coefficient (Wildman–Crippen LogP) is 2.58. The molecule has 0 saturated carbocycles. The Bertz CT molecular complexity index is 428. The highest BCUT2D eigenvalue weighted by atomic mass is 79.9. The number of aromatic nitrogens is 2. The fourth-order valence-electron chi connectivity index (χ4n) is 2.48. The number of halogens is 1. The van der Waals surface area contributed by atoms with Crippen LogP contribution < -0.4 is 0 Å². The third-order valence-corrected chi connectivity index (χ3v) is 4.36. The summed E-state index contributed by atoms with van der Waals surface area (Å²) in [5, 5.41) is 4.54. The van der Waals surface area contributed by atoms with E-state index in [1.165, 1.54) is 5.69 Å². The lowest BCUT2D eigenvalue weighted by Gasteiger charge is -2.38. The van der Waals surface area contributed by atoms with Crippen LogP contribution in [0.5, 0.6) is 0 Å². The molecule has 0 amide bonds. The summed E-state index contributed by atoms with van der Waals surface area (Å²) in [5.41, 5.74) is 2.30. The minimum absolute atomic E-state index is 0.0448. The van der Waals surface area contributed by atoms with E-state index in [2.05, 4.69) is 51.4 Å². The van der Waals surface area contributed by atoms with Crippen molar-refractivity contribution in [2.24, 2.45) is 0 Å². The molecule has 1 aromatic heterocycles. The van der Waals surface area contributed by atoms with Crippen molar-refractivity contribution in [2.75, 3.05) is 19.7 Å². The first-order valence-corrected chi connectivity index (χ1v) is 7.30. The number of rotatable bonds is 3. The van der Waals surface area contributed by atoms with E-state index in [9.17, 15) is 0 Å². The van der Waals surface area contributed by atoms with Crippen LogP contribution in [0.4, 0.5) is 0 Å². The molecule has 0 radical (unpaired) electrons. The molecule has 0 aliphatic carbocycles. The van der Waals surface area contributed by atoms with Crippen molar-refractivity contribution in [3.8, 4) is 0 Å². The third-order valence-electron chi connectivity index (χ3n) is 3.33. The maximum atomic E-state index is 5.75. The summed E-state index contributed by atoms with van der Waals surface area (Å²) in [7, 11) is 0. The van der Waals surface area contributed by atoms with Gasteiger partial charge in [-0.1, -0.05) is 0 Å². The fourth-order valence-corrected chi connectivity index (χ4v) is 2.89. The van der Waals surface area contributed by atoms with Gasteiger partial charge in [0.05, 0.1) is 28.1 Å². The highest BCUT2D eigenvalue weighted by Gasteiger charge is 2.28. The van der Waals surface area contributed by atoms with Gasteiger partial charge >= 0.3 is 0 Å². The van der Waals surface area contributed by atoms with Crippen molar-refractivity contribution in [1.82, 2.24) is 14.7 Å². The van der Waals surface area contributed by atoms with Crippen LogP contribution in [0.1, 0.15) is 32.2 Å². The average Bonchev–Trinajstić information content (AvgIpc) is 2.55. The first-order valence-electron chi connectivity index (χ1n) is 6.51. The fraction of sp³-hybridized carbons (Fsp3) is 0.769. The quantitative estimate of drug-likeness (QED) is 0.859. The first kappa shape index (κ1) is 14.0. The first-order chi connectivity index (χ1) is 8.43. The van der Waals surface area contributed by atoms with Crippen LogP contribution in [-0.2, 0) is 17.8 Å². The van der Waals surface area contributed by atoms with Gasteiger partial charge in [0.25, 0.3) is 0 Å². The van der Waals surface area contributed by atoms with Gasteiger partial charge in [0.15, 0.2) is 0 Å². The molecule has 5 heteroatoms. The highest BCUT2D eigenvalue weighted by molar-refractivity contribution is 9.10.